The third-order valence-electron chi connectivity index (χ3n) is 4.56. The second-order valence-electron chi connectivity index (χ2n) is 6.36. The van der Waals surface area contributed by atoms with Crippen LogP contribution in [0.1, 0.15) is 43.2 Å². The van der Waals surface area contributed by atoms with Gasteiger partial charge in [-0.3, -0.25) is 4.28 Å². The van der Waals surface area contributed by atoms with Crippen molar-refractivity contribution in [1.29, 1.82) is 5.26 Å². The first-order chi connectivity index (χ1) is 12.5. The van der Waals surface area contributed by atoms with Crippen molar-refractivity contribution in [2.45, 2.75) is 44.3 Å². The van der Waals surface area contributed by atoms with E-state index < -0.39 is 15.4 Å². The molecule has 136 valence electrons. The van der Waals surface area contributed by atoms with E-state index in [2.05, 4.69) is 11.2 Å². The molecule has 1 fully saturated rings. The number of oxime groups is 1. The number of hydrogen-bond acceptors (Lipinski definition) is 6. The van der Waals surface area contributed by atoms with Crippen LogP contribution in [0.2, 0.25) is 0 Å². The fourth-order valence-electron chi connectivity index (χ4n) is 3.12. The van der Waals surface area contributed by atoms with Crippen LogP contribution in [-0.4, -0.2) is 18.7 Å². The molecule has 0 N–H and O–H groups in total. The molecule has 1 aromatic carbocycles. The Morgan fingerprint density at radius 3 is 2.65 bits per heavy atom. The minimum Gasteiger partial charge on any atom is -0.267 e. The molecule has 7 heteroatoms. The third-order valence-corrected chi connectivity index (χ3v) is 7.11. The minimum atomic E-state index is -3.69. The van der Waals surface area contributed by atoms with Gasteiger partial charge in [0.25, 0.3) is 0 Å². The molecule has 1 saturated carbocycles. The average molecular weight is 389 g/mol. The molecule has 26 heavy (non-hydrogen) atoms. The summed E-state index contributed by atoms with van der Waals surface area (Å²) < 4.78 is 29.4. The van der Waals surface area contributed by atoms with Gasteiger partial charge in [0, 0.05) is 4.91 Å². The van der Waals surface area contributed by atoms with Crippen molar-refractivity contribution in [2.75, 3.05) is 0 Å². The molecule has 2 aliphatic rings. The Kier molecular flexibility index (Phi) is 5.84. The molecule has 1 aliphatic carbocycles. The number of thioether (sulfide) groups is 1. The Hall–Kier alpha value is -2.04. The van der Waals surface area contributed by atoms with Crippen molar-refractivity contribution < 1.29 is 12.7 Å². The van der Waals surface area contributed by atoms with E-state index in [1.165, 1.54) is 11.8 Å². The van der Waals surface area contributed by atoms with Crippen molar-refractivity contribution in [2.24, 2.45) is 5.16 Å². The first-order valence-electron chi connectivity index (χ1n) is 8.58. The molecule has 0 bridgehead atoms. The van der Waals surface area contributed by atoms with Crippen LogP contribution in [0.5, 0.6) is 0 Å². The van der Waals surface area contributed by atoms with Gasteiger partial charge in [-0.2, -0.15) is 13.7 Å². The van der Waals surface area contributed by atoms with Crippen molar-refractivity contribution in [3.8, 4) is 6.07 Å². The fraction of sp³-hybridized carbons (Fsp3) is 0.368. The van der Waals surface area contributed by atoms with Gasteiger partial charge in [0.15, 0.2) is 0 Å². The highest BCUT2D eigenvalue weighted by Gasteiger charge is 2.29. The smallest absolute Gasteiger partial charge is 0.267 e. The molecular weight excluding hydrogens is 368 g/mol. The predicted octanol–water partition coefficient (Wildman–Crippen LogP) is 4.53. The SMILES string of the molecule is Cc1ccccc1/C(C#N)=C1\C=CC(=NOS(=O)(=O)C2CCCCC2)S1. The molecular formula is C19H20N2O3S2. The van der Waals surface area contributed by atoms with E-state index in [4.69, 9.17) is 4.28 Å². The second-order valence-corrected chi connectivity index (χ2v) is 9.22. The molecule has 3 rings (SSSR count). The standard InChI is InChI=1S/C19H20N2O3S2/c1-14-7-5-6-10-16(14)17(13-20)18-11-12-19(25-18)21-24-26(22,23)15-8-3-2-4-9-15/h5-7,10-12,15H,2-4,8-9H2,1H3/b18-17+,21-19?. The number of allylic oxidation sites excluding steroid dienone is 2. The molecule has 0 unspecified atom stereocenters. The summed E-state index contributed by atoms with van der Waals surface area (Å²) in [4.78, 5) is 0.735. The molecule has 0 atom stereocenters. The maximum atomic E-state index is 12.3. The van der Waals surface area contributed by atoms with Gasteiger partial charge in [-0.15, -0.1) is 0 Å². The highest BCUT2D eigenvalue weighted by Crippen LogP contribution is 2.35. The highest BCUT2D eigenvalue weighted by atomic mass is 32.2. The van der Waals surface area contributed by atoms with Crippen molar-refractivity contribution in [3.05, 3.63) is 52.4 Å². The van der Waals surface area contributed by atoms with Crippen molar-refractivity contribution >= 4 is 32.5 Å². The van der Waals surface area contributed by atoms with Crippen molar-refractivity contribution in [1.82, 2.24) is 0 Å². The van der Waals surface area contributed by atoms with E-state index in [-0.39, 0.29) is 0 Å². The lowest BCUT2D eigenvalue weighted by Gasteiger charge is -2.19. The molecule has 0 radical (unpaired) electrons. The van der Waals surface area contributed by atoms with E-state index in [9.17, 15) is 13.7 Å². The zero-order valence-corrected chi connectivity index (χ0v) is 16.1. The van der Waals surface area contributed by atoms with Crippen LogP contribution in [0.3, 0.4) is 0 Å². The monoisotopic (exact) mass is 388 g/mol. The van der Waals surface area contributed by atoms with Crippen molar-refractivity contribution in [3.63, 3.8) is 0 Å². The lowest BCUT2D eigenvalue weighted by molar-refractivity contribution is 0.322. The zero-order valence-electron chi connectivity index (χ0n) is 14.5. The van der Waals surface area contributed by atoms with Gasteiger partial charge in [-0.25, -0.2) is 0 Å². The first-order valence-corrected chi connectivity index (χ1v) is 10.9. The number of rotatable bonds is 4. The molecule has 0 spiro atoms. The van der Waals surface area contributed by atoms with E-state index in [1.807, 2.05) is 31.2 Å². The number of nitriles is 1. The quantitative estimate of drug-likeness (QED) is 0.559. The summed E-state index contributed by atoms with van der Waals surface area (Å²) in [5, 5.41) is 13.3. The molecule has 1 heterocycles. The number of hydrogen-bond donors (Lipinski definition) is 0. The summed E-state index contributed by atoms with van der Waals surface area (Å²) in [6.45, 7) is 1.95. The summed E-state index contributed by atoms with van der Waals surface area (Å²) in [5.74, 6) is 0. The van der Waals surface area contributed by atoms with Crippen LogP contribution in [-0.2, 0) is 14.4 Å². The summed E-state index contributed by atoms with van der Waals surface area (Å²) in [6.07, 6.45) is 7.60. The van der Waals surface area contributed by atoms with Crippen LogP contribution >= 0.6 is 11.8 Å². The number of benzene rings is 1. The lowest BCUT2D eigenvalue weighted by atomic mass is 10.0. The highest BCUT2D eigenvalue weighted by molar-refractivity contribution is 8.18. The number of aryl methyl sites for hydroxylation is 1. The summed E-state index contributed by atoms with van der Waals surface area (Å²) in [6, 6.07) is 9.90. The molecule has 0 saturated heterocycles. The average Bonchev–Trinajstić information content (AvgIpc) is 3.12. The predicted molar refractivity (Wildman–Crippen MR) is 105 cm³/mol. The Morgan fingerprint density at radius 1 is 1.23 bits per heavy atom. The van der Waals surface area contributed by atoms with Crippen LogP contribution in [0.15, 0.2) is 46.5 Å². The topological polar surface area (TPSA) is 79.5 Å². The number of nitrogens with zero attached hydrogens (tertiary/aromatic N) is 2. The molecule has 1 aromatic rings. The molecule has 5 nitrogen and oxygen atoms in total. The third kappa shape index (κ3) is 4.19. The normalized spacial score (nSPS) is 21.6. The van der Waals surface area contributed by atoms with Gasteiger partial charge >= 0.3 is 10.1 Å². The maximum Gasteiger partial charge on any atom is 0.331 e. The Bertz CT molecular complexity index is 918. The molecule has 0 amide bonds. The van der Waals surface area contributed by atoms with E-state index in [0.717, 1.165) is 35.3 Å². The first kappa shape index (κ1) is 18.7. The Balaban J connectivity index is 1.76. The molecule has 1 aliphatic heterocycles. The minimum absolute atomic E-state index is 0.431. The van der Waals surface area contributed by atoms with Crippen LogP contribution in [0, 0.1) is 18.3 Å². The fourth-order valence-corrected chi connectivity index (χ4v) is 5.21. The largest absolute Gasteiger partial charge is 0.331 e. The van der Waals surface area contributed by atoms with Crippen LogP contribution in [0.4, 0.5) is 0 Å². The summed E-state index contributed by atoms with van der Waals surface area (Å²) in [7, 11) is -3.69. The van der Waals surface area contributed by atoms with Crippen LogP contribution < -0.4 is 0 Å². The van der Waals surface area contributed by atoms with E-state index in [0.29, 0.717) is 23.5 Å². The van der Waals surface area contributed by atoms with E-state index >= 15 is 0 Å². The van der Waals surface area contributed by atoms with Gasteiger partial charge in [0.05, 0.1) is 10.8 Å². The zero-order chi connectivity index (χ0) is 18.6. The molecule has 0 aromatic heterocycles. The van der Waals surface area contributed by atoms with Gasteiger partial charge in [-0.1, -0.05) is 60.4 Å². The van der Waals surface area contributed by atoms with Gasteiger partial charge < -0.3 is 0 Å². The maximum absolute atomic E-state index is 12.3. The van der Waals surface area contributed by atoms with Gasteiger partial charge in [0.2, 0.25) is 0 Å². The summed E-state index contributed by atoms with van der Waals surface area (Å²) >= 11 is 1.24. The Labute approximate surface area is 158 Å². The van der Waals surface area contributed by atoms with Gasteiger partial charge in [0.1, 0.15) is 11.1 Å². The van der Waals surface area contributed by atoms with Gasteiger partial charge in [-0.05, 0) is 43.0 Å². The summed E-state index contributed by atoms with van der Waals surface area (Å²) in [5.41, 5.74) is 2.41. The lowest BCUT2D eigenvalue weighted by Crippen LogP contribution is -2.24. The van der Waals surface area contributed by atoms with E-state index in [1.54, 1.807) is 12.2 Å². The Morgan fingerprint density at radius 2 is 1.96 bits per heavy atom. The second kappa shape index (κ2) is 8.11. The van der Waals surface area contributed by atoms with Crippen LogP contribution in [0.25, 0.3) is 5.57 Å².